The van der Waals surface area contributed by atoms with Gasteiger partial charge in [-0.1, -0.05) is 11.6 Å². The first-order valence-corrected chi connectivity index (χ1v) is 7.50. The van der Waals surface area contributed by atoms with E-state index < -0.39 is 0 Å². The summed E-state index contributed by atoms with van der Waals surface area (Å²) in [5, 5.41) is 5.92. The van der Waals surface area contributed by atoms with Crippen molar-refractivity contribution >= 4 is 38.9 Å². The van der Waals surface area contributed by atoms with Gasteiger partial charge in [-0.15, -0.1) is 11.3 Å². The minimum Gasteiger partial charge on any atom is -0.313 e. The van der Waals surface area contributed by atoms with Gasteiger partial charge >= 0.3 is 0 Å². The van der Waals surface area contributed by atoms with E-state index >= 15 is 0 Å². The molecule has 1 aromatic heterocycles. The van der Waals surface area contributed by atoms with Crippen LogP contribution in [0.4, 0.5) is 4.39 Å². The third-order valence-electron chi connectivity index (χ3n) is 2.77. The van der Waals surface area contributed by atoms with E-state index in [4.69, 9.17) is 11.6 Å². The number of rotatable bonds is 4. The van der Waals surface area contributed by atoms with E-state index in [-0.39, 0.29) is 11.9 Å². The number of likely N-dealkylation sites (N-methyl/N-ethyl adjacent to an activating group) is 1. The number of thiophene rings is 1. The second-order valence-electron chi connectivity index (χ2n) is 3.97. The van der Waals surface area contributed by atoms with Gasteiger partial charge in [0.2, 0.25) is 0 Å². The molecular formula is C13H12BrClFNS. The Kier molecular flexibility index (Phi) is 4.78. The van der Waals surface area contributed by atoms with Gasteiger partial charge in [-0.3, -0.25) is 0 Å². The molecule has 2 rings (SSSR count). The lowest BCUT2D eigenvalue weighted by molar-refractivity contribution is 0.585. The minimum absolute atomic E-state index is 0.131. The fourth-order valence-corrected chi connectivity index (χ4v) is 3.24. The van der Waals surface area contributed by atoms with Gasteiger partial charge in [0, 0.05) is 11.1 Å². The van der Waals surface area contributed by atoms with Gasteiger partial charge in [0.15, 0.2) is 0 Å². The van der Waals surface area contributed by atoms with Crippen LogP contribution in [0.15, 0.2) is 33.4 Å². The van der Waals surface area contributed by atoms with Gasteiger partial charge in [0.05, 0.1) is 3.79 Å². The second-order valence-corrected chi connectivity index (χ2v) is 6.66. The zero-order valence-electron chi connectivity index (χ0n) is 9.71. The number of hydrogen-bond acceptors (Lipinski definition) is 2. The average Bonchev–Trinajstić information content (AvgIpc) is 2.77. The molecule has 0 aliphatic heterocycles. The van der Waals surface area contributed by atoms with Gasteiger partial charge in [0.25, 0.3) is 0 Å². The molecule has 0 saturated heterocycles. The Morgan fingerprint density at radius 2 is 2.22 bits per heavy atom. The maximum atomic E-state index is 13.2. The predicted octanol–water partition coefficient (Wildman–Crippen LogP) is 4.81. The van der Waals surface area contributed by atoms with Crippen molar-refractivity contribution in [2.24, 2.45) is 0 Å². The van der Waals surface area contributed by atoms with Crippen LogP contribution in [0.25, 0.3) is 0 Å². The molecule has 0 radical (unpaired) electrons. The van der Waals surface area contributed by atoms with Crippen LogP contribution in [-0.2, 0) is 6.42 Å². The molecule has 1 aromatic carbocycles. The first-order chi connectivity index (χ1) is 8.60. The predicted molar refractivity (Wildman–Crippen MR) is 78.9 cm³/mol. The summed E-state index contributed by atoms with van der Waals surface area (Å²) in [5.74, 6) is -0.254. The molecular weight excluding hydrogens is 337 g/mol. The molecule has 1 N–H and O–H groups in total. The number of nitrogens with one attached hydrogen (secondary N) is 1. The smallest absolute Gasteiger partial charge is 0.123 e. The van der Waals surface area contributed by atoms with Crippen LogP contribution in [0, 0.1) is 5.82 Å². The van der Waals surface area contributed by atoms with Crippen molar-refractivity contribution in [1.82, 2.24) is 5.32 Å². The number of benzene rings is 1. The summed E-state index contributed by atoms with van der Waals surface area (Å²) < 4.78 is 14.3. The summed E-state index contributed by atoms with van der Waals surface area (Å²) in [5.41, 5.74) is 1.99. The Balaban J connectivity index is 2.22. The standard InChI is InChI=1S/C13H12BrClFNS/c1-17-12(9-6-13(14)18-7-9)5-8-4-10(16)2-3-11(8)15/h2-4,6-7,12,17H,5H2,1H3. The van der Waals surface area contributed by atoms with E-state index in [1.165, 1.54) is 17.7 Å². The maximum Gasteiger partial charge on any atom is 0.123 e. The van der Waals surface area contributed by atoms with Crippen molar-refractivity contribution in [2.75, 3.05) is 7.05 Å². The first-order valence-electron chi connectivity index (χ1n) is 5.45. The van der Waals surface area contributed by atoms with Crippen LogP contribution < -0.4 is 5.32 Å². The molecule has 0 aliphatic rings. The third kappa shape index (κ3) is 3.32. The lowest BCUT2D eigenvalue weighted by Crippen LogP contribution is -2.18. The van der Waals surface area contributed by atoms with Crippen molar-refractivity contribution in [1.29, 1.82) is 0 Å². The molecule has 2 aromatic rings. The van der Waals surface area contributed by atoms with E-state index in [0.717, 1.165) is 9.35 Å². The topological polar surface area (TPSA) is 12.0 Å². The van der Waals surface area contributed by atoms with E-state index in [1.54, 1.807) is 17.4 Å². The molecule has 0 fully saturated rings. The lowest BCUT2D eigenvalue weighted by atomic mass is 10.0. The van der Waals surface area contributed by atoms with Gasteiger partial charge in [-0.25, -0.2) is 4.39 Å². The Morgan fingerprint density at radius 1 is 1.44 bits per heavy atom. The summed E-state index contributed by atoms with van der Waals surface area (Å²) in [6.07, 6.45) is 0.663. The highest BCUT2D eigenvalue weighted by atomic mass is 79.9. The SMILES string of the molecule is CNC(Cc1cc(F)ccc1Cl)c1csc(Br)c1. The van der Waals surface area contributed by atoms with E-state index in [2.05, 4.69) is 32.7 Å². The quantitative estimate of drug-likeness (QED) is 0.836. The fourth-order valence-electron chi connectivity index (χ4n) is 1.81. The van der Waals surface area contributed by atoms with Gasteiger partial charge in [-0.05, 0) is 70.2 Å². The van der Waals surface area contributed by atoms with Crippen molar-refractivity contribution < 1.29 is 4.39 Å². The Morgan fingerprint density at radius 3 is 2.83 bits per heavy atom. The molecule has 1 unspecified atom stereocenters. The molecule has 1 nitrogen and oxygen atoms in total. The molecule has 5 heteroatoms. The highest BCUT2D eigenvalue weighted by Gasteiger charge is 2.14. The first kappa shape index (κ1) is 14.0. The number of halogens is 3. The molecule has 18 heavy (non-hydrogen) atoms. The molecule has 96 valence electrons. The molecule has 0 spiro atoms. The molecule has 0 aliphatic carbocycles. The number of hydrogen-bond donors (Lipinski definition) is 1. The maximum absolute atomic E-state index is 13.2. The fraction of sp³-hybridized carbons (Fsp3) is 0.231. The summed E-state index contributed by atoms with van der Waals surface area (Å²) in [6, 6.07) is 6.67. The van der Waals surface area contributed by atoms with Crippen molar-refractivity contribution in [3.63, 3.8) is 0 Å². The molecule has 1 heterocycles. The van der Waals surface area contributed by atoms with Crippen LogP contribution in [0.5, 0.6) is 0 Å². The molecule has 0 bridgehead atoms. The zero-order valence-corrected chi connectivity index (χ0v) is 12.9. The Labute approximate surface area is 123 Å². The van der Waals surface area contributed by atoms with E-state index in [9.17, 15) is 4.39 Å². The second kappa shape index (κ2) is 6.15. The summed E-state index contributed by atoms with van der Waals surface area (Å²) >= 11 is 11.2. The largest absolute Gasteiger partial charge is 0.313 e. The van der Waals surface area contributed by atoms with E-state index in [0.29, 0.717) is 11.4 Å². The van der Waals surface area contributed by atoms with E-state index in [1.807, 2.05) is 7.05 Å². The van der Waals surface area contributed by atoms with Gasteiger partial charge < -0.3 is 5.32 Å². The van der Waals surface area contributed by atoms with Crippen LogP contribution in [0.3, 0.4) is 0 Å². The highest BCUT2D eigenvalue weighted by Crippen LogP contribution is 2.29. The minimum atomic E-state index is -0.254. The lowest BCUT2D eigenvalue weighted by Gasteiger charge is -2.16. The Bertz CT molecular complexity index is 544. The zero-order chi connectivity index (χ0) is 13.1. The van der Waals surface area contributed by atoms with Crippen LogP contribution in [-0.4, -0.2) is 7.05 Å². The molecule has 0 saturated carbocycles. The summed E-state index contributed by atoms with van der Waals surface area (Å²) in [4.78, 5) is 0. The monoisotopic (exact) mass is 347 g/mol. The van der Waals surface area contributed by atoms with Crippen molar-refractivity contribution in [2.45, 2.75) is 12.5 Å². The van der Waals surface area contributed by atoms with Gasteiger partial charge in [-0.2, -0.15) is 0 Å². The van der Waals surface area contributed by atoms with Gasteiger partial charge in [0.1, 0.15) is 5.82 Å². The summed E-state index contributed by atoms with van der Waals surface area (Å²) in [7, 11) is 1.89. The van der Waals surface area contributed by atoms with Crippen LogP contribution in [0.2, 0.25) is 5.02 Å². The normalized spacial score (nSPS) is 12.7. The van der Waals surface area contributed by atoms with Crippen molar-refractivity contribution in [3.8, 4) is 0 Å². The Hall–Kier alpha value is -0.420. The average molecular weight is 349 g/mol. The third-order valence-corrected chi connectivity index (χ3v) is 4.66. The van der Waals surface area contributed by atoms with Crippen LogP contribution >= 0.6 is 38.9 Å². The highest BCUT2D eigenvalue weighted by molar-refractivity contribution is 9.11. The van der Waals surface area contributed by atoms with Crippen LogP contribution in [0.1, 0.15) is 17.2 Å². The molecule has 1 atom stereocenters. The molecule has 0 amide bonds. The summed E-state index contributed by atoms with van der Waals surface area (Å²) in [6.45, 7) is 0. The van der Waals surface area contributed by atoms with Crippen molar-refractivity contribution in [3.05, 3.63) is 55.4 Å².